The Kier molecular flexibility index (Phi) is 10.7. The van der Waals surface area contributed by atoms with Crippen molar-refractivity contribution in [3.05, 3.63) is 29.2 Å². The fourth-order valence-corrected chi connectivity index (χ4v) is 5.43. The number of aryl methyl sites for hydroxylation is 3. The first kappa shape index (κ1) is 34.3. The number of carboxylic acids is 3. The highest BCUT2D eigenvalue weighted by Gasteiger charge is 2.46. The van der Waals surface area contributed by atoms with E-state index in [1.54, 1.807) is 11.0 Å². The maximum Gasteiger partial charge on any atom is 0.410 e. The molecule has 0 aromatic carbocycles. The lowest BCUT2D eigenvalue weighted by Gasteiger charge is -2.32. The van der Waals surface area contributed by atoms with E-state index in [2.05, 4.69) is 15.5 Å². The Balaban J connectivity index is 0.000000345. The number of aromatic nitrogens is 4. The van der Waals surface area contributed by atoms with Gasteiger partial charge in [-0.2, -0.15) is 23.4 Å². The lowest BCUT2D eigenvalue weighted by Crippen LogP contribution is -2.42. The number of amides is 1. The third-order valence-electron chi connectivity index (χ3n) is 7.62. The molecule has 244 valence electrons. The minimum Gasteiger partial charge on any atom is -0.481 e. The van der Waals surface area contributed by atoms with E-state index >= 15 is 0 Å². The molecule has 14 nitrogen and oxygen atoms in total. The fraction of sp³-hybridized carbons (Fsp3) is 0.630. The second-order valence-electron chi connectivity index (χ2n) is 11.1. The van der Waals surface area contributed by atoms with E-state index < -0.39 is 48.6 Å². The van der Waals surface area contributed by atoms with Gasteiger partial charge in [-0.1, -0.05) is 6.92 Å². The van der Waals surface area contributed by atoms with E-state index in [4.69, 9.17) is 20.4 Å². The van der Waals surface area contributed by atoms with Gasteiger partial charge < -0.3 is 30.6 Å². The summed E-state index contributed by atoms with van der Waals surface area (Å²) in [4.78, 5) is 45.2. The number of nitrogens with zero attached hydrogens (tertiary/aromatic N) is 5. The number of fused-ring (bicyclic) bond motifs is 1. The Labute approximate surface area is 250 Å². The summed E-state index contributed by atoms with van der Waals surface area (Å²) in [6.45, 7) is 6.81. The SMILES string of the molecule is CC[C@@H]1C[C@H](C(F)(F)F)n2nc(C3CCCN3C(=O)CCn3nc(C)cc3C)cc2N1.O=C(O)CC(O)(CC(=O)O)C(=O)O. The molecule has 4 rings (SSSR count). The summed E-state index contributed by atoms with van der Waals surface area (Å²) in [6.07, 6.45) is -4.27. The maximum atomic E-state index is 13.7. The third-order valence-corrected chi connectivity index (χ3v) is 7.62. The molecule has 1 amide bonds. The molecule has 0 spiro atoms. The zero-order valence-electron chi connectivity index (χ0n) is 24.5. The molecule has 4 heterocycles. The van der Waals surface area contributed by atoms with Crippen molar-refractivity contribution in [1.29, 1.82) is 0 Å². The van der Waals surface area contributed by atoms with Gasteiger partial charge in [-0.25, -0.2) is 9.48 Å². The molecule has 1 fully saturated rings. The molecule has 17 heteroatoms. The molecule has 5 N–H and O–H groups in total. The summed E-state index contributed by atoms with van der Waals surface area (Å²) in [6, 6.07) is 1.48. The van der Waals surface area contributed by atoms with E-state index in [1.807, 2.05) is 31.5 Å². The number of hydrogen-bond donors (Lipinski definition) is 5. The van der Waals surface area contributed by atoms with Crippen LogP contribution in [0.4, 0.5) is 19.0 Å². The number of carbonyl (C=O) groups excluding carboxylic acids is 1. The molecule has 0 aliphatic carbocycles. The van der Waals surface area contributed by atoms with E-state index in [0.29, 0.717) is 43.9 Å². The highest BCUT2D eigenvalue weighted by molar-refractivity contribution is 5.88. The van der Waals surface area contributed by atoms with Crippen LogP contribution in [0.3, 0.4) is 0 Å². The van der Waals surface area contributed by atoms with Gasteiger partial charge in [-0.15, -0.1) is 0 Å². The van der Waals surface area contributed by atoms with Gasteiger partial charge in [0.1, 0.15) is 5.82 Å². The second kappa shape index (κ2) is 13.7. The molecule has 2 aliphatic rings. The summed E-state index contributed by atoms with van der Waals surface area (Å²) in [5.74, 6) is -4.65. The lowest BCUT2D eigenvalue weighted by atomic mass is 9.96. The van der Waals surface area contributed by atoms with Crippen LogP contribution in [0.5, 0.6) is 0 Å². The van der Waals surface area contributed by atoms with Crippen molar-refractivity contribution in [3.63, 3.8) is 0 Å². The fourth-order valence-electron chi connectivity index (χ4n) is 5.43. The molecule has 44 heavy (non-hydrogen) atoms. The average molecular weight is 631 g/mol. The second-order valence-corrected chi connectivity index (χ2v) is 11.1. The van der Waals surface area contributed by atoms with Crippen LogP contribution < -0.4 is 5.32 Å². The minimum atomic E-state index is -4.36. The van der Waals surface area contributed by atoms with Crippen LogP contribution in [0.2, 0.25) is 0 Å². The highest BCUT2D eigenvalue weighted by atomic mass is 19.4. The van der Waals surface area contributed by atoms with Gasteiger partial charge in [-0.3, -0.25) is 19.1 Å². The van der Waals surface area contributed by atoms with Crippen LogP contribution in [-0.4, -0.2) is 93.1 Å². The third kappa shape index (κ3) is 8.27. The molecule has 0 bridgehead atoms. The van der Waals surface area contributed by atoms with Gasteiger partial charge in [0.25, 0.3) is 0 Å². The number of aliphatic carboxylic acids is 3. The van der Waals surface area contributed by atoms with E-state index in [0.717, 1.165) is 22.5 Å². The van der Waals surface area contributed by atoms with Crippen molar-refractivity contribution in [1.82, 2.24) is 24.5 Å². The summed E-state index contributed by atoms with van der Waals surface area (Å²) >= 11 is 0. The first-order valence-electron chi connectivity index (χ1n) is 14.1. The maximum absolute atomic E-state index is 13.7. The Morgan fingerprint density at radius 2 is 1.68 bits per heavy atom. The Hall–Kier alpha value is -4.15. The molecule has 0 saturated carbocycles. The molecule has 2 aliphatic heterocycles. The van der Waals surface area contributed by atoms with Crippen LogP contribution in [0, 0.1) is 13.8 Å². The van der Waals surface area contributed by atoms with Crippen LogP contribution in [-0.2, 0) is 25.7 Å². The van der Waals surface area contributed by atoms with Crippen molar-refractivity contribution in [2.45, 2.75) is 102 Å². The minimum absolute atomic E-state index is 0.0206. The van der Waals surface area contributed by atoms with Crippen molar-refractivity contribution < 1.29 is 52.8 Å². The number of carbonyl (C=O) groups is 4. The van der Waals surface area contributed by atoms with Gasteiger partial charge >= 0.3 is 24.1 Å². The summed E-state index contributed by atoms with van der Waals surface area (Å²) in [7, 11) is 0. The number of nitrogens with one attached hydrogen (secondary N) is 1. The molecule has 2 aromatic rings. The van der Waals surface area contributed by atoms with Gasteiger partial charge in [-0.05, 0) is 45.6 Å². The zero-order chi connectivity index (χ0) is 33.0. The Bertz CT molecular complexity index is 1360. The average Bonchev–Trinajstić information content (AvgIpc) is 3.63. The number of carboxylic acid groups (broad SMARTS) is 3. The zero-order valence-corrected chi connectivity index (χ0v) is 24.5. The van der Waals surface area contributed by atoms with Gasteiger partial charge in [0.15, 0.2) is 11.6 Å². The molecule has 1 unspecified atom stereocenters. The van der Waals surface area contributed by atoms with E-state index in [1.165, 1.54) is 0 Å². The van der Waals surface area contributed by atoms with Crippen molar-refractivity contribution in [2.24, 2.45) is 0 Å². The lowest BCUT2D eigenvalue weighted by molar-refractivity contribution is -0.173. The topological polar surface area (TPSA) is 200 Å². The molecular weight excluding hydrogens is 593 g/mol. The number of alkyl halides is 3. The summed E-state index contributed by atoms with van der Waals surface area (Å²) in [5, 5.41) is 45.7. The van der Waals surface area contributed by atoms with Crippen molar-refractivity contribution in [3.8, 4) is 0 Å². The summed E-state index contributed by atoms with van der Waals surface area (Å²) in [5.41, 5.74) is -0.299. The molecule has 0 radical (unpaired) electrons. The number of aliphatic hydroxyl groups is 1. The van der Waals surface area contributed by atoms with Gasteiger partial charge in [0, 0.05) is 37.3 Å². The first-order chi connectivity index (χ1) is 20.4. The van der Waals surface area contributed by atoms with Crippen LogP contribution in [0.15, 0.2) is 12.1 Å². The predicted octanol–water partition coefficient (Wildman–Crippen LogP) is 2.90. The largest absolute Gasteiger partial charge is 0.481 e. The number of anilines is 1. The molecule has 1 saturated heterocycles. The molecule has 3 atom stereocenters. The molecular formula is C27H37F3N6O8. The Morgan fingerprint density at radius 3 is 2.18 bits per heavy atom. The quantitative estimate of drug-likeness (QED) is 0.259. The van der Waals surface area contributed by atoms with Crippen LogP contribution in [0.25, 0.3) is 0 Å². The highest BCUT2D eigenvalue weighted by Crippen LogP contribution is 2.42. The monoisotopic (exact) mass is 630 g/mol. The normalized spacial score (nSPS) is 19.9. The number of halogens is 3. The van der Waals surface area contributed by atoms with Crippen molar-refractivity contribution >= 4 is 29.6 Å². The van der Waals surface area contributed by atoms with E-state index in [-0.39, 0.29) is 24.4 Å². The van der Waals surface area contributed by atoms with Crippen molar-refractivity contribution in [2.75, 3.05) is 11.9 Å². The Morgan fingerprint density at radius 1 is 1.05 bits per heavy atom. The standard InChI is InChI=1S/C21H29F3N6O.C6H8O7/c1-4-15-11-18(21(22,23)24)30-19(25-15)12-16(27-30)17-6-5-8-28(17)20(31)7-9-29-14(3)10-13(2)26-29;7-3(8)1-6(13,5(11)12)2-4(9)10/h10,12,15,17-18,25H,4-9,11H2,1-3H3;13H,1-2H2,(H,7,8)(H,9,10)(H,11,12)/t15-,17?,18-;/m1./s1. The van der Waals surface area contributed by atoms with Crippen LogP contribution >= 0.6 is 0 Å². The van der Waals surface area contributed by atoms with Gasteiger partial charge in [0.05, 0.1) is 30.3 Å². The predicted molar refractivity (Wildman–Crippen MR) is 147 cm³/mol. The molecule has 2 aromatic heterocycles. The van der Waals surface area contributed by atoms with Gasteiger partial charge in [0.2, 0.25) is 5.91 Å². The van der Waals surface area contributed by atoms with E-state index in [9.17, 15) is 32.3 Å². The number of rotatable bonds is 10. The smallest absolute Gasteiger partial charge is 0.410 e. The van der Waals surface area contributed by atoms with Crippen LogP contribution in [0.1, 0.15) is 81.0 Å². The first-order valence-corrected chi connectivity index (χ1v) is 14.1. The number of likely N-dealkylation sites (tertiary alicyclic amines) is 1. The number of hydrogen-bond acceptors (Lipinski definition) is 8. The summed E-state index contributed by atoms with van der Waals surface area (Å²) < 4.78 is 43.9.